The second-order valence-electron chi connectivity index (χ2n) is 9.08. The normalized spacial score (nSPS) is 18.2. The lowest BCUT2D eigenvalue weighted by Gasteiger charge is -2.41. The number of hydrogen-bond donors (Lipinski definition) is 3. The molecule has 0 radical (unpaired) electrons. The number of carbonyl (C=O) groups is 2. The first-order valence-corrected chi connectivity index (χ1v) is 12.9. The zero-order chi connectivity index (χ0) is 25.6. The minimum absolute atomic E-state index is 0.00550. The predicted molar refractivity (Wildman–Crippen MR) is 128 cm³/mol. The van der Waals surface area contributed by atoms with Gasteiger partial charge in [-0.25, -0.2) is 18.7 Å². The van der Waals surface area contributed by atoms with E-state index in [1.807, 2.05) is 13.8 Å². The SMILES string of the molecule is CC(C)(C)OC(=O)NCC#CCOc1ccc(S(=O)(=O)N2CC(C)(C)SCC2C(=O)NO)cc1. The van der Waals surface area contributed by atoms with E-state index in [2.05, 4.69) is 17.2 Å². The van der Waals surface area contributed by atoms with Gasteiger partial charge in [-0.1, -0.05) is 11.8 Å². The molecule has 1 saturated heterocycles. The fraction of sp³-hybridized carbons (Fsp3) is 0.545. The smallest absolute Gasteiger partial charge is 0.408 e. The van der Waals surface area contributed by atoms with Crippen LogP contribution in [0.3, 0.4) is 0 Å². The topological polar surface area (TPSA) is 134 Å². The third-order valence-electron chi connectivity index (χ3n) is 4.52. The third-order valence-corrected chi connectivity index (χ3v) is 7.78. The van der Waals surface area contributed by atoms with Gasteiger partial charge in [0.15, 0.2) is 0 Å². The van der Waals surface area contributed by atoms with Gasteiger partial charge in [0, 0.05) is 17.0 Å². The van der Waals surface area contributed by atoms with Gasteiger partial charge in [0.25, 0.3) is 5.91 Å². The van der Waals surface area contributed by atoms with Gasteiger partial charge in [0.2, 0.25) is 10.0 Å². The first-order valence-electron chi connectivity index (χ1n) is 10.5. The molecule has 188 valence electrons. The first-order chi connectivity index (χ1) is 15.7. The van der Waals surface area contributed by atoms with E-state index < -0.39 is 33.7 Å². The van der Waals surface area contributed by atoms with E-state index in [9.17, 15) is 18.0 Å². The summed E-state index contributed by atoms with van der Waals surface area (Å²) in [5.41, 5.74) is 0.969. The van der Waals surface area contributed by atoms with E-state index in [4.69, 9.17) is 14.7 Å². The fourth-order valence-corrected chi connectivity index (χ4v) is 6.05. The summed E-state index contributed by atoms with van der Waals surface area (Å²) >= 11 is 1.47. The lowest BCUT2D eigenvalue weighted by molar-refractivity contribution is -0.132. The van der Waals surface area contributed by atoms with Crippen LogP contribution in [0, 0.1) is 11.8 Å². The van der Waals surface area contributed by atoms with Gasteiger partial charge >= 0.3 is 6.09 Å². The number of alkyl carbamates (subject to hydrolysis) is 1. The molecule has 1 atom stereocenters. The van der Waals surface area contributed by atoms with Crippen molar-refractivity contribution < 1.29 is 32.7 Å². The van der Waals surface area contributed by atoms with Crippen molar-refractivity contribution in [1.82, 2.24) is 15.1 Å². The Morgan fingerprint density at radius 1 is 1.24 bits per heavy atom. The lowest BCUT2D eigenvalue weighted by atomic mass is 10.2. The molecular weight excluding hydrogens is 482 g/mol. The van der Waals surface area contributed by atoms with Crippen LogP contribution in [0.1, 0.15) is 34.6 Å². The van der Waals surface area contributed by atoms with Crippen molar-refractivity contribution in [1.29, 1.82) is 0 Å². The molecule has 10 nitrogen and oxygen atoms in total. The van der Waals surface area contributed by atoms with E-state index in [1.54, 1.807) is 26.3 Å². The van der Waals surface area contributed by atoms with Gasteiger partial charge in [-0.05, 0) is 58.9 Å². The van der Waals surface area contributed by atoms with E-state index in [-0.39, 0.29) is 35.1 Å². The monoisotopic (exact) mass is 513 g/mol. The van der Waals surface area contributed by atoms with Gasteiger partial charge in [0.1, 0.15) is 24.0 Å². The van der Waals surface area contributed by atoms with Crippen molar-refractivity contribution in [2.24, 2.45) is 0 Å². The molecule has 12 heteroatoms. The van der Waals surface area contributed by atoms with Gasteiger partial charge in [-0.2, -0.15) is 16.1 Å². The van der Waals surface area contributed by atoms with Gasteiger partial charge in [-0.15, -0.1) is 0 Å². The molecule has 2 rings (SSSR count). The van der Waals surface area contributed by atoms with Crippen molar-refractivity contribution in [2.75, 3.05) is 25.4 Å². The minimum atomic E-state index is -4.00. The number of benzene rings is 1. The summed E-state index contributed by atoms with van der Waals surface area (Å²) in [5, 5.41) is 11.5. The molecule has 1 unspecified atom stereocenters. The molecule has 1 aliphatic rings. The average molecular weight is 514 g/mol. The lowest BCUT2D eigenvalue weighted by Crippen LogP contribution is -2.57. The maximum atomic E-state index is 13.2. The Labute approximate surface area is 204 Å². The summed E-state index contributed by atoms with van der Waals surface area (Å²) in [6.07, 6.45) is -0.561. The number of carbonyl (C=O) groups excluding carboxylic acids is 2. The van der Waals surface area contributed by atoms with Crippen LogP contribution in [0.15, 0.2) is 29.2 Å². The Hall–Kier alpha value is -2.46. The standard InChI is InChI=1S/C22H31N3O7S2/c1-21(2,3)32-20(27)23-12-6-7-13-31-16-8-10-17(11-9-16)34(29,30)25-15-22(4,5)33-14-18(25)19(26)24-28/h8-11,18,28H,12-15H2,1-5H3,(H,23,27)(H,24,26). The molecule has 0 spiro atoms. The summed E-state index contributed by atoms with van der Waals surface area (Å²) in [5.74, 6) is 5.33. The highest BCUT2D eigenvalue weighted by molar-refractivity contribution is 8.00. The van der Waals surface area contributed by atoms with E-state index in [1.165, 1.54) is 36.0 Å². The molecular formula is C22H31N3O7S2. The van der Waals surface area contributed by atoms with Crippen LogP contribution in [0.4, 0.5) is 4.79 Å². The summed E-state index contributed by atoms with van der Waals surface area (Å²) in [7, 11) is -4.00. The molecule has 1 aliphatic heterocycles. The molecule has 1 fully saturated rings. The second kappa shape index (κ2) is 11.3. The van der Waals surface area contributed by atoms with Crippen LogP contribution >= 0.6 is 11.8 Å². The summed E-state index contributed by atoms with van der Waals surface area (Å²) < 4.78 is 37.8. The highest BCUT2D eigenvalue weighted by Crippen LogP contribution is 2.36. The minimum Gasteiger partial charge on any atom is -0.481 e. The van der Waals surface area contributed by atoms with Crippen molar-refractivity contribution in [3.63, 3.8) is 0 Å². The van der Waals surface area contributed by atoms with E-state index in [0.29, 0.717) is 5.75 Å². The van der Waals surface area contributed by atoms with Crippen molar-refractivity contribution in [3.8, 4) is 17.6 Å². The number of ether oxygens (including phenoxy) is 2. The number of sulfonamides is 1. The van der Waals surface area contributed by atoms with Crippen molar-refractivity contribution >= 4 is 33.8 Å². The molecule has 0 bridgehead atoms. The van der Waals surface area contributed by atoms with Crippen LogP contribution in [0.2, 0.25) is 0 Å². The number of amides is 2. The van der Waals surface area contributed by atoms with Crippen LogP contribution < -0.4 is 15.5 Å². The van der Waals surface area contributed by atoms with Crippen molar-refractivity contribution in [3.05, 3.63) is 24.3 Å². The quantitative estimate of drug-likeness (QED) is 0.299. The summed E-state index contributed by atoms with van der Waals surface area (Å²) in [6.45, 7) is 9.34. The Kier molecular flexibility index (Phi) is 9.24. The average Bonchev–Trinajstić information content (AvgIpc) is 2.74. The molecule has 0 aliphatic carbocycles. The second-order valence-corrected chi connectivity index (χ2v) is 12.7. The highest BCUT2D eigenvalue weighted by atomic mass is 32.2. The summed E-state index contributed by atoms with van der Waals surface area (Å²) in [6, 6.07) is 4.76. The number of hydroxylamine groups is 1. The van der Waals surface area contributed by atoms with Gasteiger partial charge in [0.05, 0.1) is 11.4 Å². The molecule has 0 aromatic heterocycles. The van der Waals surface area contributed by atoms with Crippen molar-refractivity contribution in [2.45, 2.75) is 55.9 Å². The number of nitrogens with one attached hydrogen (secondary N) is 2. The van der Waals surface area contributed by atoms with Gasteiger partial charge in [-0.3, -0.25) is 10.0 Å². The maximum absolute atomic E-state index is 13.2. The Balaban J connectivity index is 1.98. The predicted octanol–water partition coefficient (Wildman–Crippen LogP) is 1.98. The van der Waals surface area contributed by atoms with Crippen LogP contribution in [0.25, 0.3) is 0 Å². The molecule has 3 N–H and O–H groups in total. The number of hydrogen-bond acceptors (Lipinski definition) is 8. The Morgan fingerprint density at radius 2 is 1.88 bits per heavy atom. The molecule has 2 amide bonds. The molecule has 34 heavy (non-hydrogen) atoms. The Morgan fingerprint density at radius 3 is 2.47 bits per heavy atom. The third kappa shape index (κ3) is 8.09. The number of thioether (sulfide) groups is 1. The molecule has 1 aromatic rings. The maximum Gasteiger partial charge on any atom is 0.408 e. The number of nitrogens with zero attached hydrogens (tertiary/aromatic N) is 1. The van der Waals surface area contributed by atoms with Gasteiger partial charge < -0.3 is 14.8 Å². The van der Waals surface area contributed by atoms with Crippen LogP contribution in [-0.2, 0) is 19.6 Å². The molecule has 1 aromatic carbocycles. The zero-order valence-electron chi connectivity index (χ0n) is 19.9. The Bertz CT molecular complexity index is 1040. The summed E-state index contributed by atoms with van der Waals surface area (Å²) in [4.78, 5) is 23.6. The first kappa shape index (κ1) is 27.8. The number of rotatable bonds is 6. The van der Waals surface area contributed by atoms with E-state index >= 15 is 0 Å². The zero-order valence-corrected chi connectivity index (χ0v) is 21.5. The molecule has 0 saturated carbocycles. The van der Waals surface area contributed by atoms with Crippen LogP contribution in [0.5, 0.6) is 5.75 Å². The fourth-order valence-electron chi connectivity index (χ4n) is 2.96. The van der Waals surface area contributed by atoms with E-state index in [0.717, 1.165) is 4.31 Å². The largest absolute Gasteiger partial charge is 0.481 e. The highest BCUT2D eigenvalue weighted by Gasteiger charge is 2.43. The van der Waals surface area contributed by atoms with Crippen LogP contribution in [-0.4, -0.2) is 71.8 Å². The molecule has 1 heterocycles.